The molecular formula is C31H35F3N4O2. The van der Waals surface area contributed by atoms with Crippen molar-refractivity contribution < 1.29 is 22.8 Å². The first kappa shape index (κ1) is 28.1. The minimum absolute atomic E-state index is 0.0615. The molecule has 3 heterocycles. The van der Waals surface area contributed by atoms with Crippen LogP contribution < -0.4 is 0 Å². The van der Waals surface area contributed by atoms with E-state index in [-0.39, 0.29) is 24.2 Å². The minimum atomic E-state index is -4.54. The number of pyridine rings is 1. The molecule has 0 radical (unpaired) electrons. The van der Waals surface area contributed by atoms with Gasteiger partial charge in [-0.25, -0.2) is 0 Å². The molecule has 6 nitrogen and oxygen atoms in total. The number of ketones is 1. The van der Waals surface area contributed by atoms with E-state index in [9.17, 15) is 22.8 Å². The van der Waals surface area contributed by atoms with Crippen LogP contribution in [0.25, 0.3) is 0 Å². The van der Waals surface area contributed by atoms with Crippen molar-refractivity contribution in [1.82, 2.24) is 19.7 Å². The molecule has 1 atom stereocenters. The largest absolute Gasteiger partial charge is 0.435 e. The summed E-state index contributed by atoms with van der Waals surface area (Å²) in [6.07, 6.45) is 4.43. The number of carbonyl (C=O) groups is 2. The second kappa shape index (κ2) is 11.9. The van der Waals surface area contributed by atoms with Gasteiger partial charge in [-0.1, -0.05) is 24.3 Å². The molecule has 0 unspecified atom stereocenters. The molecule has 1 fully saturated rings. The van der Waals surface area contributed by atoms with Crippen LogP contribution in [-0.2, 0) is 23.9 Å². The first-order valence-corrected chi connectivity index (χ1v) is 14.2. The molecule has 40 heavy (non-hydrogen) atoms. The number of carbonyl (C=O) groups excluding carboxylic acids is 2. The quantitative estimate of drug-likeness (QED) is 0.300. The summed E-state index contributed by atoms with van der Waals surface area (Å²) in [4.78, 5) is 31.8. The highest BCUT2D eigenvalue weighted by atomic mass is 19.4. The van der Waals surface area contributed by atoms with Crippen LogP contribution in [0.4, 0.5) is 13.2 Å². The van der Waals surface area contributed by atoms with Gasteiger partial charge in [0.05, 0.1) is 0 Å². The third-order valence-corrected chi connectivity index (χ3v) is 8.40. The van der Waals surface area contributed by atoms with Crippen LogP contribution in [0.5, 0.6) is 0 Å². The average Bonchev–Trinajstić information content (AvgIpc) is 3.33. The van der Waals surface area contributed by atoms with Gasteiger partial charge in [0, 0.05) is 31.4 Å². The van der Waals surface area contributed by atoms with Crippen LogP contribution in [0.3, 0.4) is 0 Å². The fourth-order valence-electron chi connectivity index (χ4n) is 6.14. The third kappa shape index (κ3) is 6.45. The molecule has 1 aliphatic heterocycles. The van der Waals surface area contributed by atoms with Gasteiger partial charge in [-0.15, -0.1) is 0 Å². The number of aromatic nitrogens is 3. The number of hydrogen-bond acceptors (Lipinski definition) is 4. The van der Waals surface area contributed by atoms with Gasteiger partial charge in [0.25, 0.3) is 0 Å². The maximum Gasteiger partial charge on any atom is 0.435 e. The minimum Gasteiger partial charge on any atom is -0.341 e. The van der Waals surface area contributed by atoms with Crippen molar-refractivity contribution in [2.45, 2.75) is 82.8 Å². The summed E-state index contributed by atoms with van der Waals surface area (Å²) in [5.74, 6) is 0.533. The van der Waals surface area contributed by atoms with E-state index in [4.69, 9.17) is 0 Å². The molecule has 0 bridgehead atoms. The number of benzene rings is 1. The first-order chi connectivity index (χ1) is 19.2. The summed E-state index contributed by atoms with van der Waals surface area (Å²) in [7, 11) is 0. The van der Waals surface area contributed by atoms with Gasteiger partial charge in [-0.05, 0) is 98.6 Å². The Balaban J connectivity index is 1.12. The van der Waals surface area contributed by atoms with Crippen molar-refractivity contribution in [1.29, 1.82) is 0 Å². The van der Waals surface area contributed by atoms with Crippen LogP contribution in [0, 0.1) is 6.92 Å². The molecule has 1 aromatic carbocycles. The monoisotopic (exact) mass is 552 g/mol. The number of piperidine rings is 1. The summed E-state index contributed by atoms with van der Waals surface area (Å²) in [5, 5.41) is 3.57. The number of alkyl halides is 3. The van der Waals surface area contributed by atoms with Gasteiger partial charge in [-0.2, -0.15) is 18.3 Å². The maximum absolute atomic E-state index is 13.0. The Labute approximate surface area is 232 Å². The van der Waals surface area contributed by atoms with Crippen LogP contribution in [0.1, 0.15) is 95.3 Å². The van der Waals surface area contributed by atoms with Crippen molar-refractivity contribution in [2.24, 2.45) is 0 Å². The number of nitrogens with zero attached hydrogens (tertiary/aromatic N) is 4. The standard InChI is InChI=1S/C31H35F3N4O2/c1-21-18-29(31(32,33)34)36-38(21)20-30(40)37-16-13-22(14-17-37)25-12-15-35-27(19-25)28(39)11-5-9-24-8-4-7-23-6-2-3-10-26(23)24/h2-3,6,10,12,15,18-19,22,24H,4-5,7-9,11,13-14,16-17,20H2,1H3/t24-/m0/s1. The van der Waals surface area contributed by atoms with E-state index >= 15 is 0 Å². The molecule has 212 valence electrons. The molecule has 0 saturated carbocycles. The zero-order valence-electron chi connectivity index (χ0n) is 22.8. The van der Waals surface area contributed by atoms with Gasteiger partial charge in [0.1, 0.15) is 12.2 Å². The Morgan fingerprint density at radius 1 is 1.05 bits per heavy atom. The van der Waals surface area contributed by atoms with Crippen molar-refractivity contribution in [3.63, 3.8) is 0 Å². The van der Waals surface area contributed by atoms with Crippen LogP contribution >= 0.6 is 0 Å². The number of likely N-dealkylation sites (tertiary alicyclic amines) is 1. The van der Waals surface area contributed by atoms with E-state index in [1.54, 1.807) is 11.1 Å². The zero-order chi connectivity index (χ0) is 28.3. The normalized spacial score (nSPS) is 18.0. The average molecular weight is 553 g/mol. The fraction of sp³-hybridized carbons (Fsp3) is 0.484. The van der Waals surface area contributed by atoms with Gasteiger partial charge < -0.3 is 4.90 Å². The van der Waals surface area contributed by atoms with E-state index < -0.39 is 11.9 Å². The van der Waals surface area contributed by atoms with Crippen LogP contribution in [0.15, 0.2) is 48.7 Å². The van der Waals surface area contributed by atoms with Crippen molar-refractivity contribution in [3.8, 4) is 0 Å². The SMILES string of the molecule is Cc1cc(C(F)(F)F)nn1CC(=O)N1CCC(c2ccnc(C(=O)CCC[C@@H]3CCCc4ccccc43)c2)CC1. The van der Waals surface area contributed by atoms with E-state index in [1.807, 2.05) is 12.1 Å². The number of Topliss-reactive ketones (excluding diaryl/α,β-unsaturated/α-hetero) is 1. The van der Waals surface area contributed by atoms with Gasteiger partial charge in [-0.3, -0.25) is 19.3 Å². The number of rotatable bonds is 8. The molecule has 1 aliphatic carbocycles. The number of aryl methyl sites for hydroxylation is 2. The first-order valence-electron chi connectivity index (χ1n) is 14.2. The Morgan fingerprint density at radius 2 is 1.82 bits per heavy atom. The highest BCUT2D eigenvalue weighted by Crippen LogP contribution is 2.35. The van der Waals surface area contributed by atoms with Crippen LogP contribution in [-0.4, -0.2) is 44.4 Å². The molecule has 1 amide bonds. The molecule has 0 N–H and O–H groups in total. The Morgan fingerprint density at radius 3 is 2.58 bits per heavy atom. The maximum atomic E-state index is 13.0. The molecule has 9 heteroatoms. The molecule has 5 rings (SSSR count). The lowest BCUT2D eigenvalue weighted by atomic mass is 9.80. The van der Waals surface area contributed by atoms with E-state index in [0.717, 1.165) is 48.4 Å². The van der Waals surface area contributed by atoms with Gasteiger partial charge >= 0.3 is 6.18 Å². The Bertz CT molecular complexity index is 1360. The summed E-state index contributed by atoms with van der Waals surface area (Å²) >= 11 is 0. The number of amides is 1. The highest BCUT2D eigenvalue weighted by molar-refractivity contribution is 5.94. The van der Waals surface area contributed by atoms with Crippen molar-refractivity contribution in [2.75, 3.05) is 13.1 Å². The lowest BCUT2D eigenvalue weighted by Crippen LogP contribution is -2.40. The third-order valence-electron chi connectivity index (χ3n) is 8.40. The summed E-state index contributed by atoms with van der Waals surface area (Å²) < 4.78 is 40.0. The van der Waals surface area contributed by atoms with E-state index in [2.05, 4.69) is 34.3 Å². The van der Waals surface area contributed by atoms with Gasteiger partial charge in [0.15, 0.2) is 11.5 Å². The van der Waals surface area contributed by atoms with Crippen molar-refractivity contribution in [3.05, 3.63) is 82.4 Å². The summed E-state index contributed by atoms with van der Waals surface area (Å²) in [5.41, 5.74) is 3.74. The topological polar surface area (TPSA) is 68.1 Å². The van der Waals surface area contributed by atoms with Gasteiger partial charge in [0.2, 0.25) is 5.91 Å². The molecule has 0 spiro atoms. The summed E-state index contributed by atoms with van der Waals surface area (Å²) in [6, 6.07) is 13.4. The number of fused-ring (bicyclic) bond motifs is 1. The fourth-order valence-corrected chi connectivity index (χ4v) is 6.14. The van der Waals surface area contributed by atoms with E-state index in [0.29, 0.717) is 36.8 Å². The molecule has 2 aliphatic rings. The Hall–Kier alpha value is -3.49. The second-order valence-electron chi connectivity index (χ2n) is 11.1. The lowest BCUT2D eigenvalue weighted by Gasteiger charge is -2.32. The predicted octanol–water partition coefficient (Wildman–Crippen LogP) is 6.48. The predicted molar refractivity (Wildman–Crippen MR) is 145 cm³/mol. The highest BCUT2D eigenvalue weighted by Gasteiger charge is 2.35. The molecule has 2 aromatic heterocycles. The molecular weight excluding hydrogens is 517 g/mol. The van der Waals surface area contributed by atoms with Crippen LogP contribution in [0.2, 0.25) is 0 Å². The van der Waals surface area contributed by atoms with E-state index in [1.165, 1.54) is 30.9 Å². The van der Waals surface area contributed by atoms with Crippen molar-refractivity contribution >= 4 is 11.7 Å². The number of halogens is 3. The molecule has 3 aromatic rings. The molecule has 1 saturated heterocycles. The lowest BCUT2D eigenvalue weighted by molar-refractivity contribution is -0.142. The zero-order valence-corrected chi connectivity index (χ0v) is 22.8. The smallest absolute Gasteiger partial charge is 0.341 e. The second-order valence-corrected chi connectivity index (χ2v) is 11.1. The number of hydrogen-bond donors (Lipinski definition) is 0. The summed E-state index contributed by atoms with van der Waals surface area (Å²) in [6.45, 7) is 2.31. The Kier molecular flexibility index (Phi) is 8.38.